The third-order valence-corrected chi connectivity index (χ3v) is 5.18. The first-order valence-corrected chi connectivity index (χ1v) is 9.55. The van der Waals surface area contributed by atoms with Gasteiger partial charge in [0.1, 0.15) is 0 Å². The molecule has 4 rings (SSSR count). The van der Waals surface area contributed by atoms with Gasteiger partial charge in [0, 0.05) is 11.6 Å². The minimum Gasteiger partial charge on any atom is -0.503 e. The van der Waals surface area contributed by atoms with Crippen LogP contribution < -0.4 is 0 Å². The van der Waals surface area contributed by atoms with Gasteiger partial charge in [-0.2, -0.15) is 0 Å². The maximum atomic E-state index is 13.0. The predicted octanol–water partition coefficient (Wildman–Crippen LogP) is 4.75. The van der Waals surface area contributed by atoms with Gasteiger partial charge in [-0.15, -0.1) is 0 Å². The van der Waals surface area contributed by atoms with Gasteiger partial charge in [0.2, 0.25) is 5.78 Å². The summed E-state index contributed by atoms with van der Waals surface area (Å²) in [5, 5.41) is 11.1. The fourth-order valence-corrected chi connectivity index (χ4v) is 3.77. The highest BCUT2D eigenvalue weighted by Gasteiger charge is 2.44. The second-order valence-corrected chi connectivity index (χ2v) is 7.20. The molecule has 1 unspecified atom stereocenters. The van der Waals surface area contributed by atoms with Crippen molar-refractivity contribution in [1.29, 1.82) is 0 Å². The normalized spacial score (nSPS) is 16.5. The van der Waals surface area contributed by atoms with Crippen LogP contribution in [0.3, 0.4) is 0 Å². The van der Waals surface area contributed by atoms with Gasteiger partial charge in [-0.25, -0.2) is 0 Å². The van der Waals surface area contributed by atoms with Crippen molar-refractivity contribution in [2.75, 3.05) is 6.54 Å². The molecule has 2 aromatic carbocycles. The highest BCUT2D eigenvalue weighted by atomic mass is 35.5. The Morgan fingerprint density at radius 1 is 1.07 bits per heavy atom. The van der Waals surface area contributed by atoms with Gasteiger partial charge in [-0.05, 0) is 41.8 Å². The smallest absolute Gasteiger partial charge is 0.290 e. The zero-order chi connectivity index (χ0) is 20.4. The number of carbonyl (C=O) groups is 2. The van der Waals surface area contributed by atoms with Crippen LogP contribution in [0, 0.1) is 0 Å². The second kappa shape index (κ2) is 7.97. The van der Waals surface area contributed by atoms with E-state index in [1.165, 1.54) is 17.2 Å². The quantitative estimate of drug-likeness (QED) is 0.598. The molecule has 0 bridgehead atoms. The standard InChI is InChI=1S/C23H18ClNO4/c24-17-9-4-8-16(14-17)20-19(21(26)18-10-5-13-29-18)22(27)23(28)25(20)12-11-15-6-2-1-3-7-15/h1-10,13-14,20,27H,11-12H2. The summed E-state index contributed by atoms with van der Waals surface area (Å²) in [6, 6.07) is 19.0. The van der Waals surface area contributed by atoms with Crippen molar-refractivity contribution >= 4 is 23.3 Å². The Morgan fingerprint density at radius 3 is 2.55 bits per heavy atom. The first-order valence-electron chi connectivity index (χ1n) is 9.18. The average molecular weight is 408 g/mol. The molecular weight excluding hydrogens is 390 g/mol. The van der Waals surface area contributed by atoms with Crippen molar-refractivity contribution in [1.82, 2.24) is 4.90 Å². The lowest BCUT2D eigenvalue weighted by molar-refractivity contribution is -0.129. The molecule has 5 nitrogen and oxygen atoms in total. The topological polar surface area (TPSA) is 70.8 Å². The van der Waals surface area contributed by atoms with Gasteiger partial charge in [0.05, 0.1) is 17.9 Å². The number of amides is 1. The van der Waals surface area contributed by atoms with Crippen molar-refractivity contribution < 1.29 is 19.1 Å². The first kappa shape index (κ1) is 19.0. The summed E-state index contributed by atoms with van der Waals surface area (Å²) < 4.78 is 5.21. The van der Waals surface area contributed by atoms with Gasteiger partial charge in [0.25, 0.3) is 5.91 Å². The van der Waals surface area contributed by atoms with E-state index in [0.717, 1.165) is 5.56 Å². The van der Waals surface area contributed by atoms with E-state index in [9.17, 15) is 14.7 Å². The molecule has 1 aliphatic rings. The SMILES string of the molecule is O=C(C1=C(O)C(=O)N(CCc2ccccc2)C1c1cccc(Cl)c1)c1ccco1. The number of rotatable bonds is 6. The van der Waals surface area contributed by atoms with Gasteiger partial charge < -0.3 is 14.4 Å². The third kappa shape index (κ3) is 3.69. The summed E-state index contributed by atoms with van der Waals surface area (Å²) in [6.45, 7) is 0.332. The number of benzene rings is 2. The maximum absolute atomic E-state index is 13.0. The number of hydrogen-bond donors (Lipinski definition) is 1. The van der Waals surface area contributed by atoms with E-state index >= 15 is 0 Å². The Balaban J connectivity index is 1.73. The van der Waals surface area contributed by atoms with Crippen LogP contribution in [0.4, 0.5) is 0 Å². The zero-order valence-corrected chi connectivity index (χ0v) is 16.2. The van der Waals surface area contributed by atoms with Gasteiger partial charge >= 0.3 is 0 Å². The minimum absolute atomic E-state index is 0.000258. The summed E-state index contributed by atoms with van der Waals surface area (Å²) >= 11 is 6.16. The predicted molar refractivity (Wildman–Crippen MR) is 109 cm³/mol. The lowest BCUT2D eigenvalue weighted by atomic mass is 9.95. The number of nitrogens with zero attached hydrogens (tertiary/aromatic N) is 1. The van der Waals surface area contributed by atoms with Gasteiger partial charge in [-0.1, -0.05) is 54.1 Å². The fourth-order valence-electron chi connectivity index (χ4n) is 3.57. The number of carbonyl (C=O) groups excluding carboxylic acids is 2. The van der Waals surface area contributed by atoms with Crippen LogP contribution in [0.15, 0.2) is 88.7 Å². The largest absolute Gasteiger partial charge is 0.503 e. The van der Waals surface area contributed by atoms with E-state index in [-0.39, 0.29) is 11.3 Å². The molecule has 146 valence electrons. The highest BCUT2D eigenvalue weighted by Crippen LogP contribution is 2.39. The Bertz CT molecular complexity index is 1070. The van der Waals surface area contributed by atoms with E-state index < -0.39 is 23.5 Å². The van der Waals surface area contributed by atoms with Crippen LogP contribution in [0.5, 0.6) is 0 Å². The zero-order valence-electron chi connectivity index (χ0n) is 15.4. The molecule has 1 aromatic heterocycles. The van der Waals surface area contributed by atoms with Crippen LogP contribution >= 0.6 is 11.6 Å². The Labute approximate surface area is 172 Å². The third-order valence-electron chi connectivity index (χ3n) is 4.94. The number of aliphatic hydroxyl groups is 1. The van der Waals surface area contributed by atoms with Crippen LogP contribution in [0.2, 0.25) is 5.02 Å². The number of aliphatic hydroxyl groups excluding tert-OH is 1. The van der Waals surface area contributed by atoms with E-state index in [0.29, 0.717) is 23.6 Å². The molecule has 0 spiro atoms. The van der Waals surface area contributed by atoms with E-state index in [1.807, 2.05) is 30.3 Å². The molecule has 0 fully saturated rings. The number of ketones is 1. The van der Waals surface area contributed by atoms with E-state index in [1.54, 1.807) is 30.3 Å². The molecule has 0 aliphatic carbocycles. The molecule has 3 aromatic rings. The summed E-state index contributed by atoms with van der Waals surface area (Å²) in [4.78, 5) is 27.4. The monoisotopic (exact) mass is 407 g/mol. The number of furan rings is 1. The molecule has 29 heavy (non-hydrogen) atoms. The highest BCUT2D eigenvalue weighted by molar-refractivity contribution is 6.30. The lowest BCUT2D eigenvalue weighted by Gasteiger charge is -2.27. The van der Waals surface area contributed by atoms with Crippen LogP contribution in [0.25, 0.3) is 0 Å². The molecule has 1 N–H and O–H groups in total. The molecule has 0 radical (unpaired) electrons. The average Bonchev–Trinajstić information content (AvgIpc) is 3.35. The summed E-state index contributed by atoms with van der Waals surface area (Å²) in [7, 11) is 0. The van der Waals surface area contributed by atoms with Crippen LogP contribution in [-0.2, 0) is 11.2 Å². The molecule has 1 aliphatic heterocycles. The van der Waals surface area contributed by atoms with Gasteiger partial charge in [-0.3, -0.25) is 9.59 Å². The molecule has 1 amide bonds. The van der Waals surface area contributed by atoms with Crippen molar-refractivity contribution in [3.63, 3.8) is 0 Å². The number of Topliss-reactive ketones (excluding diaryl/α,β-unsaturated/α-hetero) is 1. The molecule has 6 heteroatoms. The number of hydrogen-bond acceptors (Lipinski definition) is 4. The Kier molecular flexibility index (Phi) is 5.23. The maximum Gasteiger partial charge on any atom is 0.290 e. The van der Waals surface area contributed by atoms with Gasteiger partial charge in [0.15, 0.2) is 11.5 Å². The lowest BCUT2D eigenvalue weighted by Crippen LogP contribution is -2.33. The second-order valence-electron chi connectivity index (χ2n) is 6.76. The summed E-state index contributed by atoms with van der Waals surface area (Å²) in [5.74, 6) is -1.59. The van der Waals surface area contributed by atoms with Crippen molar-refractivity contribution in [2.24, 2.45) is 0 Å². The van der Waals surface area contributed by atoms with Crippen molar-refractivity contribution in [3.05, 3.63) is 106 Å². The van der Waals surface area contributed by atoms with E-state index in [2.05, 4.69) is 0 Å². The molecule has 0 saturated heterocycles. The molecule has 0 saturated carbocycles. The van der Waals surface area contributed by atoms with Crippen LogP contribution in [-0.4, -0.2) is 28.2 Å². The molecule has 2 heterocycles. The van der Waals surface area contributed by atoms with Crippen LogP contribution in [0.1, 0.15) is 27.7 Å². The van der Waals surface area contributed by atoms with Crippen molar-refractivity contribution in [2.45, 2.75) is 12.5 Å². The Morgan fingerprint density at radius 2 is 1.86 bits per heavy atom. The fraction of sp³-hybridized carbons (Fsp3) is 0.130. The van der Waals surface area contributed by atoms with E-state index in [4.69, 9.17) is 16.0 Å². The van der Waals surface area contributed by atoms with Crippen molar-refractivity contribution in [3.8, 4) is 0 Å². The minimum atomic E-state index is -0.748. The Hall–Kier alpha value is -3.31. The summed E-state index contributed by atoms with van der Waals surface area (Å²) in [5.41, 5.74) is 1.70. The number of halogens is 1. The molecular formula is C23H18ClNO4. The summed E-state index contributed by atoms with van der Waals surface area (Å²) in [6.07, 6.45) is 1.96. The first-order chi connectivity index (χ1) is 14.1. The molecule has 1 atom stereocenters.